The topological polar surface area (TPSA) is 26.3 Å². The van der Waals surface area contributed by atoms with Crippen LogP contribution in [0.3, 0.4) is 0 Å². The molecule has 0 bridgehead atoms. The first-order chi connectivity index (χ1) is 23.0. The normalized spacial score (nSPS) is 9.42. The predicted molar refractivity (Wildman–Crippen MR) is 200 cm³/mol. The van der Waals surface area contributed by atoms with Gasteiger partial charge in [-0.25, -0.2) is 24.3 Å². The maximum Gasteiger partial charge on any atom is 2.00 e. The molecule has 0 saturated heterocycles. The minimum Gasteiger partial charge on any atom is -1.00 e. The van der Waals surface area contributed by atoms with Crippen LogP contribution in [-0.4, -0.2) is 17.9 Å². The zero-order valence-electron chi connectivity index (χ0n) is 26.9. The summed E-state index contributed by atoms with van der Waals surface area (Å²) in [6.07, 6.45) is -2.30. The Labute approximate surface area is 342 Å². The summed E-state index contributed by atoms with van der Waals surface area (Å²) < 4.78 is 26.0. The number of hydrogen-bond acceptors (Lipinski definition) is 2. The van der Waals surface area contributed by atoms with E-state index in [-0.39, 0.29) is 66.4 Å². The number of halogens is 5. The van der Waals surface area contributed by atoms with E-state index in [2.05, 4.69) is 175 Å². The molecule has 0 saturated carbocycles. The van der Waals surface area contributed by atoms with E-state index in [1.165, 1.54) is 38.8 Å². The van der Waals surface area contributed by atoms with Crippen LogP contribution >= 0.6 is 39.0 Å². The quantitative estimate of drug-likeness (QED) is 0.0642. The van der Waals surface area contributed by atoms with Crippen LogP contribution in [0.15, 0.2) is 170 Å². The Balaban J connectivity index is 0.000000715. The van der Waals surface area contributed by atoms with Gasteiger partial charge in [0.15, 0.2) is 0 Å². The molecule has 0 fully saturated rings. The van der Waals surface area contributed by atoms with Crippen molar-refractivity contribution in [3.63, 3.8) is 0 Å². The molecule has 0 spiro atoms. The van der Waals surface area contributed by atoms with E-state index in [9.17, 15) is 13.6 Å². The van der Waals surface area contributed by atoms with Crippen molar-refractivity contribution in [2.75, 3.05) is 11.9 Å². The molecule has 6 aromatic rings. The van der Waals surface area contributed by atoms with Gasteiger partial charge in [-0.2, -0.15) is 24.3 Å². The van der Waals surface area contributed by atoms with E-state index < -0.39 is 28.2 Å². The van der Waals surface area contributed by atoms with E-state index >= 15 is 0 Å². The fourth-order valence-corrected chi connectivity index (χ4v) is 9.02. The average Bonchev–Trinajstić information content (AvgIpc) is 3.84. The molecule has 0 N–H and O–H groups in total. The zero-order valence-corrected chi connectivity index (χ0v) is 34.4. The van der Waals surface area contributed by atoms with Gasteiger partial charge in [-0.05, 0) is 36.1 Å². The Morgan fingerprint density at radius 2 is 1.08 bits per heavy atom. The van der Waals surface area contributed by atoms with E-state index in [4.69, 9.17) is 23.2 Å². The number of rotatable bonds is 8. The summed E-state index contributed by atoms with van der Waals surface area (Å²) in [6.45, 7) is 1.44. The molecule has 0 aliphatic heterocycles. The Bertz CT molecular complexity index is 1450. The van der Waals surface area contributed by atoms with Crippen molar-refractivity contribution in [3.8, 4) is 0 Å². The van der Waals surface area contributed by atoms with Crippen molar-refractivity contribution in [1.29, 1.82) is 0 Å². The summed E-state index contributed by atoms with van der Waals surface area (Å²) in [5.74, 6) is -1.53. The smallest absolute Gasteiger partial charge is 1.00 e. The van der Waals surface area contributed by atoms with Gasteiger partial charge in [-0.1, -0.05) is 129 Å². The molecule has 11 heteroatoms. The van der Waals surface area contributed by atoms with Crippen molar-refractivity contribution in [2.45, 2.75) is 6.92 Å². The van der Waals surface area contributed by atoms with Crippen molar-refractivity contribution in [1.82, 2.24) is 0 Å². The number of carbonyl (C=O) groups excluding carboxylic acids is 1. The predicted octanol–water partition coefficient (Wildman–Crippen LogP) is 5.73. The van der Waals surface area contributed by atoms with Gasteiger partial charge in [0, 0.05) is 6.43 Å². The SMILES string of the molecule is CCOC(=O)[C-](F)F.ClCCl.[Br-].[Fe+2].[Pd+2].c1ccc(P(c2ccccc2)[c-]2cccc2)cc1.c1ccc(P(c2ccccc2)c2ccc[cH-]2)cc1. The molecule has 0 atom stereocenters. The summed E-state index contributed by atoms with van der Waals surface area (Å²) in [5.41, 5.74) is 0. The largest absolute Gasteiger partial charge is 2.00 e. The third-order valence-corrected chi connectivity index (χ3v) is 11.2. The van der Waals surface area contributed by atoms with Crippen LogP contribution in [0.2, 0.25) is 0 Å². The number of benzene rings is 4. The van der Waals surface area contributed by atoms with Crippen LogP contribution in [0.5, 0.6) is 0 Å². The summed E-state index contributed by atoms with van der Waals surface area (Å²) >= 11 is 9.53. The first-order valence-electron chi connectivity index (χ1n) is 14.7. The van der Waals surface area contributed by atoms with E-state index in [0.717, 1.165) is 0 Å². The summed E-state index contributed by atoms with van der Waals surface area (Å²) in [5, 5.41) is 8.66. The number of esters is 1. The molecular weight excluding hydrogens is 913 g/mol. The van der Waals surface area contributed by atoms with Crippen molar-refractivity contribution < 1.29 is 72.8 Å². The first kappa shape index (κ1) is 47.9. The van der Waals surface area contributed by atoms with Gasteiger partial charge >= 0.3 is 37.5 Å². The van der Waals surface area contributed by atoms with Crippen LogP contribution in [-0.2, 0) is 47.0 Å². The second kappa shape index (κ2) is 28.5. The third-order valence-electron chi connectivity index (χ3n) is 6.29. The number of hydrogen-bond donors (Lipinski definition) is 0. The van der Waals surface area contributed by atoms with Gasteiger partial charge in [0.2, 0.25) is 5.97 Å². The van der Waals surface area contributed by atoms with Gasteiger partial charge in [0.1, 0.15) is 0 Å². The van der Waals surface area contributed by atoms with E-state index in [1.807, 2.05) is 0 Å². The molecule has 2 nitrogen and oxygen atoms in total. The molecule has 0 aliphatic carbocycles. The minimum absolute atomic E-state index is 0. The summed E-state index contributed by atoms with van der Waals surface area (Å²) in [7, 11) is -0.818. The molecule has 266 valence electrons. The Morgan fingerprint density at radius 3 is 1.38 bits per heavy atom. The Morgan fingerprint density at radius 1 is 0.700 bits per heavy atom. The second-order valence-electron chi connectivity index (χ2n) is 9.38. The van der Waals surface area contributed by atoms with E-state index in [0.29, 0.717) is 0 Å². The van der Waals surface area contributed by atoms with Crippen molar-refractivity contribution >= 4 is 76.8 Å². The van der Waals surface area contributed by atoms with Crippen LogP contribution in [0.25, 0.3) is 0 Å². The Kier molecular flexibility index (Phi) is 27.3. The Hall–Kier alpha value is -2.12. The van der Waals surface area contributed by atoms with Gasteiger partial charge in [0.25, 0.3) is 0 Å². The fourth-order valence-electron chi connectivity index (χ4n) is 4.41. The molecule has 0 aliphatic rings. The second-order valence-corrected chi connectivity index (χ2v) is 14.6. The molecule has 0 amide bonds. The fraction of sp³-hybridized carbons (Fsp3) is 0.0769. The molecule has 0 unspecified atom stereocenters. The maximum atomic E-state index is 11.1. The molecular formula is C39H35BrCl2F2FeO2P2Pd. The molecule has 50 heavy (non-hydrogen) atoms. The molecule has 0 heterocycles. The minimum atomic E-state index is -2.30. The van der Waals surface area contributed by atoms with Crippen LogP contribution in [0.4, 0.5) is 8.78 Å². The van der Waals surface area contributed by atoms with Crippen LogP contribution in [0, 0.1) is 6.43 Å². The van der Waals surface area contributed by atoms with E-state index in [1.54, 1.807) is 0 Å². The molecule has 0 radical (unpaired) electrons. The number of ether oxygens (including phenoxy) is 1. The van der Waals surface area contributed by atoms with Gasteiger partial charge in [-0.15, -0.1) is 33.8 Å². The van der Waals surface area contributed by atoms with Crippen LogP contribution in [0.1, 0.15) is 6.92 Å². The maximum absolute atomic E-state index is 11.1. The molecule has 6 rings (SSSR count). The average molecular weight is 949 g/mol. The monoisotopic (exact) mass is 946 g/mol. The number of alkyl halides is 2. The molecule has 6 aromatic carbocycles. The zero-order chi connectivity index (χ0) is 33.7. The van der Waals surface area contributed by atoms with Gasteiger partial charge in [-0.3, -0.25) is 4.79 Å². The van der Waals surface area contributed by atoms with Gasteiger partial charge < -0.3 is 30.5 Å². The summed E-state index contributed by atoms with van der Waals surface area (Å²) in [6, 6.07) is 60.5. The van der Waals surface area contributed by atoms with Crippen molar-refractivity contribution in [2.24, 2.45) is 0 Å². The van der Waals surface area contributed by atoms with Crippen molar-refractivity contribution in [3.05, 3.63) is 176 Å². The van der Waals surface area contributed by atoms with Gasteiger partial charge in [0.05, 0.1) is 11.9 Å². The molecule has 0 aromatic heterocycles. The van der Waals surface area contributed by atoms with Crippen LogP contribution < -0.4 is 48.8 Å². The first-order valence-corrected chi connectivity index (χ1v) is 18.5. The number of carbonyl (C=O) groups is 1. The third kappa shape index (κ3) is 16.5. The summed E-state index contributed by atoms with van der Waals surface area (Å²) in [4.78, 5) is 9.73. The standard InChI is InChI=1S/2C17H14P.C4H5F2O2.CH2Cl2.BrH.Fe.Pd/c2*1-3-9-15(10-4-1)18(17-13-7-8-14-17)16-11-5-2-6-12-16;1-2-8-4(7)3(5)6;2-1-3;;;/h2*1-14H;2H2,1H3;1H2;1H;;/q3*-1;;;2*+2/p-1.